The zero-order valence-corrected chi connectivity index (χ0v) is 13.5. The van der Waals surface area contributed by atoms with Crippen molar-refractivity contribution >= 4 is 11.6 Å². The van der Waals surface area contributed by atoms with Gasteiger partial charge in [0, 0.05) is 19.6 Å². The molecule has 2 unspecified atom stereocenters. The number of hydrazine groups is 1. The Balaban J connectivity index is 2.17. The van der Waals surface area contributed by atoms with Gasteiger partial charge < -0.3 is 4.90 Å². The number of piperidine rings is 1. The number of nitrogens with zero attached hydrogens (tertiary/aromatic N) is 3. The van der Waals surface area contributed by atoms with Crippen LogP contribution in [0.5, 0.6) is 0 Å². The molecule has 2 heterocycles. The first kappa shape index (κ1) is 15.8. The van der Waals surface area contributed by atoms with Crippen LogP contribution in [-0.4, -0.2) is 28.8 Å². The summed E-state index contributed by atoms with van der Waals surface area (Å²) in [7, 11) is 0. The summed E-state index contributed by atoms with van der Waals surface area (Å²) in [5.41, 5.74) is 4.59. The van der Waals surface area contributed by atoms with E-state index in [0.717, 1.165) is 25.2 Å². The molecule has 2 atom stereocenters. The zero-order valence-electron chi connectivity index (χ0n) is 13.5. The molecule has 1 amide bonds. The minimum Gasteiger partial charge on any atom is -0.368 e. The number of carbonyl (C=O) groups excluding carboxylic acids is 1. The molecule has 6 heteroatoms. The van der Waals surface area contributed by atoms with Gasteiger partial charge in [-0.3, -0.25) is 14.9 Å². The highest BCUT2D eigenvalue weighted by atomic mass is 16.2. The maximum absolute atomic E-state index is 11.8. The quantitative estimate of drug-likeness (QED) is 0.498. The summed E-state index contributed by atoms with van der Waals surface area (Å²) in [6.07, 6.45) is 2.81. The van der Waals surface area contributed by atoms with Crippen LogP contribution in [0.2, 0.25) is 0 Å². The van der Waals surface area contributed by atoms with Crippen molar-refractivity contribution in [2.24, 2.45) is 23.6 Å². The molecule has 0 saturated carbocycles. The third kappa shape index (κ3) is 3.56. The van der Waals surface area contributed by atoms with Gasteiger partial charge in [-0.2, -0.15) is 5.10 Å². The summed E-state index contributed by atoms with van der Waals surface area (Å²) < 4.78 is 2.05. The van der Waals surface area contributed by atoms with Gasteiger partial charge in [-0.25, -0.2) is 5.84 Å². The van der Waals surface area contributed by atoms with Gasteiger partial charge in [-0.15, -0.1) is 0 Å². The van der Waals surface area contributed by atoms with Gasteiger partial charge in [0.2, 0.25) is 5.91 Å². The first-order valence-electron chi connectivity index (χ1n) is 7.70. The first-order valence-corrected chi connectivity index (χ1v) is 7.70. The summed E-state index contributed by atoms with van der Waals surface area (Å²) >= 11 is 0. The lowest BCUT2D eigenvalue weighted by molar-refractivity contribution is -0.125. The van der Waals surface area contributed by atoms with Crippen molar-refractivity contribution in [3.05, 3.63) is 11.9 Å². The Labute approximate surface area is 126 Å². The Bertz CT molecular complexity index is 496. The van der Waals surface area contributed by atoms with Gasteiger partial charge in [0.05, 0.1) is 23.5 Å². The lowest BCUT2D eigenvalue weighted by atomic mass is 9.89. The topological polar surface area (TPSA) is 76.2 Å². The van der Waals surface area contributed by atoms with Crippen LogP contribution in [0.3, 0.4) is 0 Å². The van der Waals surface area contributed by atoms with Gasteiger partial charge in [0.1, 0.15) is 0 Å². The Hall–Kier alpha value is -1.56. The lowest BCUT2D eigenvalue weighted by Crippen LogP contribution is -2.47. The highest BCUT2D eigenvalue weighted by Crippen LogP contribution is 2.28. The van der Waals surface area contributed by atoms with E-state index in [-0.39, 0.29) is 11.8 Å². The second kappa shape index (κ2) is 6.47. The molecule has 1 aliphatic rings. The van der Waals surface area contributed by atoms with Crippen molar-refractivity contribution < 1.29 is 4.79 Å². The number of carbonyl (C=O) groups is 1. The van der Waals surface area contributed by atoms with E-state index in [0.29, 0.717) is 18.4 Å². The second-order valence-electron chi connectivity index (χ2n) is 6.64. The Kier molecular flexibility index (Phi) is 4.88. The molecule has 6 nitrogen and oxygen atoms in total. The Morgan fingerprint density at radius 3 is 2.86 bits per heavy atom. The molecule has 0 aromatic carbocycles. The Morgan fingerprint density at radius 1 is 1.52 bits per heavy atom. The van der Waals surface area contributed by atoms with E-state index in [2.05, 4.69) is 47.8 Å². The molecular formula is C15H27N5O. The van der Waals surface area contributed by atoms with Crippen LogP contribution in [0, 0.1) is 24.7 Å². The normalized spacial score (nSPS) is 22.7. The molecule has 1 saturated heterocycles. The van der Waals surface area contributed by atoms with Crippen molar-refractivity contribution in [1.82, 2.24) is 15.2 Å². The molecule has 1 aromatic rings. The molecule has 3 N–H and O–H groups in total. The fourth-order valence-electron chi connectivity index (χ4n) is 3.13. The third-order valence-electron chi connectivity index (χ3n) is 4.13. The monoisotopic (exact) mass is 293 g/mol. The van der Waals surface area contributed by atoms with Crippen molar-refractivity contribution in [3.63, 3.8) is 0 Å². The van der Waals surface area contributed by atoms with Crippen LogP contribution in [-0.2, 0) is 11.3 Å². The lowest BCUT2D eigenvalue weighted by Gasteiger charge is -2.36. The van der Waals surface area contributed by atoms with E-state index in [9.17, 15) is 4.79 Å². The fraction of sp³-hybridized carbons (Fsp3) is 0.733. The zero-order chi connectivity index (χ0) is 15.6. The smallest absolute Gasteiger partial charge is 0.238 e. The van der Waals surface area contributed by atoms with E-state index in [1.165, 1.54) is 5.69 Å². The summed E-state index contributed by atoms with van der Waals surface area (Å²) in [6, 6.07) is 0. The van der Waals surface area contributed by atoms with E-state index in [4.69, 9.17) is 5.84 Å². The maximum Gasteiger partial charge on any atom is 0.238 e. The number of anilines is 1. The predicted molar refractivity (Wildman–Crippen MR) is 83.6 cm³/mol. The summed E-state index contributed by atoms with van der Waals surface area (Å²) in [5, 5.41) is 4.50. The van der Waals surface area contributed by atoms with Crippen LogP contribution in [0.25, 0.3) is 0 Å². The van der Waals surface area contributed by atoms with Crippen LogP contribution >= 0.6 is 0 Å². The largest absolute Gasteiger partial charge is 0.368 e. The van der Waals surface area contributed by atoms with Gasteiger partial charge in [0.25, 0.3) is 0 Å². The highest BCUT2D eigenvalue weighted by Gasteiger charge is 2.30. The van der Waals surface area contributed by atoms with Gasteiger partial charge >= 0.3 is 0 Å². The molecule has 2 rings (SSSR count). The number of nitrogens with two attached hydrogens (primary N) is 1. The van der Waals surface area contributed by atoms with Crippen molar-refractivity contribution in [1.29, 1.82) is 0 Å². The van der Waals surface area contributed by atoms with Crippen molar-refractivity contribution in [2.45, 2.75) is 40.7 Å². The first-order chi connectivity index (χ1) is 9.92. The number of hydrogen-bond acceptors (Lipinski definition) is 4. The molecule has 0 spiro atoms. The number of rotatable bonds is 4. The fourth-order valence-corrected chi connectivity index (χ4v) is 3.13. The van der Waals surface area contributed by atoms with Crippen molar-refractivity contribution in [2.75, 3.05) is 18.0 Å². The van der Waals surface area contributed by atoms with Gasteiger partial charge in [0.15, 0.2) is 0 Å². The molecule has 0 aliphatic carbocycles. The van der Waals surface area contributed by atoms with Crippen LogP contribution in [0.4, 0.5) is 5.69 Å². The number of hydrogen-bond donors (Lipinski definition) is 2. The van der Waals surface area contributed by atoms with E-state index < -0.39 is 0 Å². The molecule has 1 aromatic heterocycles. The summed E-state index contributed by atoms with van der Waals surface area (Å²) in [6.45, 7) is 11.2. The van der Waals surface area contributed by atoms with E-state index >= 15 is 0 Å². The summed E-state index contributed by atoms with van der Waals surface area (Å²) in [4.78, 5) is 14.1. The predicted octanol–water partition coefficient (Wildman–Crippen LogP) is 1.30. The molecular weight excluding hydrogens is 266 g/mol. The number of amides is 1. The molecule has 0 bridgehead atoms. The minimum absolute atomic E-state index is 0.0494. The summed E-state index contributed by atoms with van der Waals surface area (Å²) in [5.74, 6) is 6.20. The van der Waals surface area contributed by atoms with E-state index in [1.54, 1.807) is 0 Å². The SMILES string of the molecule is Cc1c(N2CC(C)CC(C(=O)NN)C2)cnn1CC(C)C. The molecule has 1 aliphatic heterocycles. The molecule has 21 heavy (non-hydrogen) atoms. The van der Waals surface area contributed by atoms with E-state index in [1.807, 2.05) is 6.20 Å². The van der Waals surface area contributed by atoms with Gasteiger partial charge in [-0.05, 0) is 25.2 Å². The molecule has 1 fully saturated rings. The van der Waals surface area contributed by atoms with Crippen LogP contribution in [0.15, 0.2) is 6.20 Å². The van der Waals surface area contributed by atoms with Crippen LogP contribution < -0.4 is 16.2 Å². The second-order valence-corrected chi connectivity index (χ2v) is 6.64. The average Bonchev–Trinajstić information content (AvgIpc) is 2.78. The maximum atomic E-state index is 11.8. The molecule has 0 radical (unpaired) electrons. The van der Waals surface area contributed by atoms with Crippen molar-refractivity contribution in [3.8, 4) is 0 Å². The standard InChI is InChI=1S/C15H27N5O/c1-10(2)7-20-12(4)14(6-17-20)19-8-11(3)5-13(9-19)15(21)18-16/h6,10-11,13H,5,7-9,16H2,1-4H3,(H,18,21). The Morgan fingerprint density at radius 2 is 2.24 bits per heavy atom. The number of nitrogens with one attached hydrogen (secondary N) is 1. The van der Waals surface area contributed by atoms with Gasteiger partial charge in [-0.1, -0.05) is 20.8 Å². The highest BCUT2D eigenvalue weighted by molar-refractivity contribution is 5.79. The third-order valence-corrected chi connectivity index (χ3v) is 4.13. The minimum atomic E-state index is -0.0706. The number of aromatic nitrogens is 2. The average molecular weight is 293 g/mol. The molecule has 118 valence electrons. The van der Waals surface area contributed by atoms with Crippen LogP contribution in [0.1, 0.15) is 32.9 Å².